The molecule has 3 rings (SSSR count). The van der Waals surface area contributed by atoms with Gasteiger partial charge in [-0.25, -0.2) is 9.59 Å². The molecule has 0 aliphatic heterocycles. The first-order valence-corrected chi connectivity index (χ1v) is 12.2. The van der Waals surface area contributed by atoms with Crippen LogP contribution in [0.3, 0.4) is 0 Å². The Hall–Kier alpha value is -3.38. The summed E-state index contributed by atoms with van der Waals surface area (Å²) in [5, 5.41) is 11.6. The predicted molar refractivity (Wildman–Crippen MR) is 133 cm³/mol. The van der Waals surface area contributed by atoms with E-state index >= 15 is 0 Å². The molecule has 184 valence electrons. The van der Waals surface area contributed by atoms with Crippen LogP contribution in [-0.4, -0.2) is 52.6 Å². The van der Waals surface area contributed by atoms with Crippen molar-refractivity contribution in [2.45, 2.75) is 25.2 Å². The fourth-order valence-electron chi connectivity index (χ4n) is 3.03. The van der Waals surface area contributed by atoms with Crippen molar-refractivity contribution < 1.29 is 28.6 Å². The van der Waals surface area contributed by atoms with Crippen molar-refractivity contribution in [3.63, 3.8) is 0 Å². The number of carbonyl (C=O) groups is 3. The number of rotatable bonds is 10. The van der Waals surface area contributed by atoms with Crippen LogP contribution in [0.4, 0.5) is 5.69 Å². The highest BCUT2D eigenvalue weighted by atomic mass is 79.9. The van der Waals surface area contributed by atoms with Crippen LogP contribution in [0.15, 0.2) is 52.1 Å². The Bertz CT molecular complexity index is 1180. The quantitative estimate of drug-likeness (QED) is 0.289. The maximum absolute atomic E-state index is 12.6. The van der Waals surface area contributed by atoms with Crippen LogP contribution in [0, 0.1) is 0 Å². The molecule has 0 bridgehead atoms. The highest BCUT2D eigenvalue weighted by molar-refractivity contribution is 9.10. The molecule has 0 unspecified atom stereocenters. The third-order valence-electron chi connectivity index (χ3n) is 4.68. The summed E-state index contributed by atoms with van der Waals surface area (Å²) in [5.74, 6) is -0.281. The molecule has 0 atom stereocenters. The number of hydrogen-bond donors (Lipinski definition) is 1. The van der Waals surface area contributed by atoms with E-state index in [2.05, 4.69) is 31.4 Å². The molecule has 0 radical (unpaired) electrons. The largest absolute Gasteiger partial charge is 0.486 e. The smallest absolute Gasteiger partial charge is 0.337 e. The second kappa shape index (κ2) is 12.4. The topological polar surface area (TPSA) is 122 Å². The van der Waals surface area contributed by atoms with Crippen molar-refractivity contribution >= 4 is 51.2 Å². The maximum Gasteiger partial charge on any atom is 0.337 e. The van der Waals surface area contributed by atoms with E-state index in [0.717, 1.165) is 4.47 Å². The lowest BCUT2D eigenvalue weighted by Crippen LogP contribution is -2.16. The Balaban J connectivity index is 1.65. The second-order valence-electron chi connectivity index (χ2n) is 7.00. The molecule has 35 heavy (non-hydrogen) atoms. The fourth-order valence-corrected chi connectivity index (χ4v) is 4.11. The molecule has 0 saturated heterocycles. The number of benzene rings is 2. The number of aromatic nitrogens is 3. The highest BCUT2D eigenvalue weighted by Gasteiger charge is 2.17. The Labute approximate surface area is 214 Å². The molecule has 1 heterocycles. The molecule has 1 amide bonds. The van der Waals surface area contributed by atoms with Crippen LogP contribution in [0.2, 0.25) is 0 Å². The van der Waals surface area contributed by atoms with E-state index < -0.39 is 11.9 Å². The Kier molecular flexibility index (Phi) is 9.26. The normalized spacial score (nSPS) is 10.5. The lowest BCUT2D eigenvalue weighted by Gasteiger charge is -2.10. The van der Waals surface area contributed by atoms with E-state index in [4.69, 9.17) is 14.2 Å². The van der Waals surface area contributed by atoms with Gasteiger partial charge >= 0.3 is 11.9 Å². The number of carbonyl (C=O) groups excluding carboxylic acids is 3. The van der Waals surface area contributed by atoms with Gasteiger partial charge < -0.3 is 24.1 Å². The number of thioether (sulfide) groups is 1. The molecule has 1 N–H and O–H groups in total. The first-order chi connectivity index (χ1) is 16.8. The van der Waals surface area contributed by atoms with Gasteiger partial charge in [0.1, 0.15) is 12.4 Å². The zero-order valence-corrected chi connectivity index (χ0v) is 21.6. The van der Waals surface area contributed by atoms with Crippen LogP contribution in [-0.2, 0) is 27.4 Å². The Morgan fingerprint density at radius 3 is 2.20 bits per heavy atom. The van der Waals surface area contributed by atoms with Crippen molar-refractivity contribution in [1.82, 2.24) is 14.8 Å². The molecule has 0 spiro atoms. The lowest BCUT2D eigenvalue weighted by molar-refractivity contribution is -0.113. The van der Waals surface area contributed by atoms with Gasteiger partial charge in [-0.3, -0.25) is 4.79 Å². The number of ether oxygens (including phenoxy) is 3. The SMILES string of the molecule is CCn1c(COc2ccc(Br)cc2)nnc1SCC(=O)Nc1cc(C(=O)OC)cc(C(=O)OC)c1. The molecule has 1 aromatic heterocycles. The zero-order chi connectivity index (χ0) is 25.4. The first kappa shape index (κ1) is 26.2. The van der Waals surface area contributed by atoms with Crippen LogP contribution in [0.25, 0.3) is 0 Å². The maximum atomic E-state index is 12.6. The number of amides is 1. The van der Waals surface area contributed by atoms with E-state index in [0.29, 0.717) is 23.3 Å². The van der Waals surface area contributed by atoms with Gasteiger partial charge in [-0.1, -0.05) is 27.7 Å². The molecule has 0 saturated carbocycles. The summed E-state index contributed by atoms with van der Waals surface area (Å²) in [5.41, 5.74) is 0.485. The van der Waals surface area contributed by atoms with Gasteiger partial charge in [0.15, 0.2) is 11.0 Å². The van der Waals surface area contributed by atoms with Crippen molar-refractivity contribution in [2.24, 2.45) is 0 Å². The van der Waals surface area contributed by atoms with Gasteiger partial charge in [0.2, 0.25) is 5.91 Å². The number of nitrogens with zero attached hydrogens (tertiary/aromatic N) is 3. The molecule has 12 heteroatoms. The highest BCUT2D eigenvalue weighted by Crippen LogP contribution is 2.21. The third-order valence-corrected chi connectivity index (χ3v) is 6.18. The number of hydrogen-bond acceptors (Lipinski definition) is 9. The van der Waals surface area contributed by atoms with Crippen LogP contribution >= 0.6 is 27.7 Å². The van der Waals surface area contributed by atoms with Gasteiger partial charge in [0.05, 0.1) is 31.1 Å². The Morgan fingerprint density at radius 2 is 1.63 bits per heavy atom. The summed E-state index contributed by atoms with van der Waals surface area (Å²) in [7, 11) is 2.45. The minimum Gasteiger partial charge on any atom is -0.486 e. The average molecular weight is 563 g/mol. The van der Waals surface area contributed by atoms with Gasteiger partial charge in [0, 0.05) is 16.7 Å². The van der Waals surface area contributed by atoms with Crippen molar-refractivity contribution in [3.8, 4) is 5.75 Å². The van der Waals surface area contributed by atoms with Crippen molar-refractivity contribution in [1.29, 1.82) is 0 Å². The lowest BCUT2D eigenvalue weighted by atomic mass is 10.1. The summed E-state index contributed by atoms with van der Waals surface area (Å²) < 4.78 is 18.0. The van der Waals surface area contributed by atoms with Gasteiger partial charge in [-0.2, -0.15) is 0 Å². The van der Waals surface area contributed by atoms with Crippen molar-refractivity contribution in [2.75, 3.05) is 25.3 Å². The summed E-state index contributed by atoms with van der Waals surface area (Å²) >= 11 is 4.59. The fraction of sp³-hybridized carbons (Fsp3) is 0.261. The van der Waals surface area contributed by atoms with E-state index in [1.807, 2.05) is 35.8 Å². The van der Waals surface area contributed by atoms with Gasteiger partial charge in [-0.05, 0) is 49.4 Å². The molecular formula is C23H23BrN4O6S. The zero-order valence-electron chi connectivity index (χ0n) is 19.2. The van der Waals surface area contributed by atoms with E-state index in [1.165, 1.54) is 44.2 Å². The van der Waals surface area contributed by atoms with Crippen LogP contribution in [0.5, 0.6) is 5.75 Å². The van der Waals surface area contributed by atoms with Crippen molar-refractivity contribution in [3.05, 3.63) is 63.9 Å². The number of esters is 2. The summed E-state index contributed by atoms with van der Waals surface area (Å²) in [6.45, 7) is 2.77. The van der Waals surface area contributed by atoms with Gasteiger partial charge in [-0.15, -0.1) is 10.2 Å². The standard InChI is InChI=1S/C23H23BrN4O6S/c1-4-28-19(12-34-18-7-5-16(24)6-8-18)26-27-23(28)35-13-20(29)25-17-10-14(21(30)32-2)9-15(11-17)22(31)33-3/h5-11H,4,12-13H2,1-3H3,(H,25,29). The second-order valence-corrected chi connectivity index (χ2v) is 8.86. The molecule has 0 aliphatic rings. The molecule has 2 aromatic carbocycles. The van der Waals surface area contributed by atoms with E-state index in [1.54, 1.807) is 0 Å². The van der Waals surface area contributed by atoms with Crippen LogP contribution in [0.1, 0.15) is 33.5 Å². The molecular weight excluding hydrogens is 540 g/mol. The van der Waals surface area contributed by atoms with E-state index in [-0.39, 0.29) is 35.1 Å². The first-order valence-electron chi connectivity index (χ1n) is 10.4. The Morgan fingerprint density at radius 1 is 1.00 bits per heavy atom. The van der Waals surface area contributed by atoms with Gasteiger partial charge in [0.25, 0.3) is 0 Å². The molecule has 10 nitrogen and oxygen atoms in total. The number of methoxy groups -OCH3 is 2. The molecule has 0 fully saturated rings. The number of nitrogens with one attached hydrogen (secondary N) is 1. The van der Waals surface area contributed by atoms with E-state index in [9.17, 15) is 14.4 Å². The summed E-state index contributed by atoms with van der Waals surface area (Å²) in [6.07, 6.45) is 0. The average Bonchev–Trinajstić information content (AvgIpc) is 3.27. The minimum atomic E-state index is -0.644. The predicted octanol–water partition coefficient (Wildman–Crippen LogP) is 3.94. The summed E-state index contributed by atoms with van der Waals surface area (Å²) in [4.78, 5) is 36.5. The number of halogens is 1. The van der Waals surface area contributed by atoms with Crippen LogP contribution < -0.4 is 10.1 Å². The minimum absolute atomic E-state index is 0.0295. The molecule has 0 aliphatic carbocycles. The number of anilines is 1. The summed E-state index contributed by atoms with van der Waals surface area (Å²) in [6, 6.07) is 11.6. The third kappa shape index (κ3) is 7.06. The molecule has 3 aromatic rings. The monoisotopic (exact) mass is 562 g/mol.